The van der Waals surface area contributed by atoms with Crippen LogP contribution in [-0.2, 0) is 23.9 Å². The first kappa shape index (κ1) is 30.7. The number of β-lactam (4-membered cyclic amide) rings is 1. The average molecular weight is 605 g/mol. The Morgan fingerprint density at radius 2 is 1.40 bits per heavy atom. The van der Waals surface area contributed by atoms with Crippen LogP contribution in [0.5, 0.6) is 5.75 Å². The van der Waals surface area contributed by atoms with Gasteiger partial charge in [-0.25, -0.2) is 4.79 Å². The van der Waals surface area contributed by atoms with Crippen molar-refractivity contribution in [3.05, 3.63) is 143 Å². The van der Waals surface area contributed by atoms with E-state index in [-0.39, 0.29) is 5.75 Å². The minimum Gasteiger partial charge on any atom is -0.508 e. The molecule has 0 radical (unpaired) electrons. The number of nitrogens with one attached hydrogen (secondary N) is 1. The van der Waals surface area contributed by atoms with Crippen molar-refractivity contribution in [2.75, 3.05) is 0 Å². The summed E-state index contributed by atoms with van der Waals surface area (Å²) in [5, 5.41) is 12.6. The van der Waals surface area contributed by atoms with Gasteiger partial charge in [0.25, 0.3) is 11.8 Å². The lowest BCUT2D eigenvalue weighted by atomic mass is 9.95. The first-order valence-corrected chi connectivity index (χ1v) is 14.4. The monoisotopic (exact) mass is 604 g/mol. The Balaban J connectivity index is 1.49. The van der Waals surface area contributed by atoms with E-state index in [2.05, 4.69) is 5.32 Å². The van der Waals surface area contributed by atoms with E-state index in [1.54, 1.807) is 36.4 Å². The lowest BCUT2D eigenvalue weighted by Gasteiger charge is -2.48. The van der Waals surface area contributed by atoms with Crippen molar-refractivity contribution in [2.24, 2.45) is 0 Å². The van der Waals surface area contributed by atoms with Crippen molar-refractivity contribution in [1.29, 1.82) is 0 Å². The van der Waals surface area contributed by atoms with E-state index in [0.717, 1.165) is 4.90 Å². The highest BCUT2D eigenvalue weighted by Crippen LogP contribution is 2.37. The Morgan fingerprint density at radius 1 is 0.822 bits per heavy atom. The van der Waals surface area contributed by atoms with Crippen LogP contribution in [0.15, 0.2) is 115 Å². The molecule has 0 aromatic heterocycles. The second-order valence-corrected chi connectivity index (χ2v) is 10.4. The minimum atomic E-state index is -1.37. The molecular weight excluding hydrogens is 572 g/mol. The molecule has 4 aromatic carbocycles. The fourth-order valence-electron chi connectivity index (χ4n) is 5.27. The quantitative estimate of drug-likeness (QED) is 0.185. The Bertz CT molecular complexity index is 1670. The summed E-state index contributed by atoms with van der Waals surface area (Å²) in [5.41, 5.74) is 2.69. The van der Waals surface area contributed by atoms with Crippen LogP contribution in [0.4, 0.5) is 0 Å². The van der Waals surface area contributed by atoms with Crippen LogP contribution in [-0.4, -0.2) is 46.0 Å². The summed E-state index contributed by atoms with van der Waals surface area (Å²) >= 11 is 0. The number of esters is 2. The SMILES string of the molecule is CC=Cc1ccccc1C(=O)NC1C(=O)N(C(C(=O)OC(c2ccccc2)c2ccccc2)c2ccc(O)cc2)[C@@H]1OC(C)=O. The van der Waals surface area contributed by atoms with Gasteiger partial charge in [0.1, 0.15) is 5.75 Å². The summed E-state index contributed by atoms with van der Waals surface area (Å²) in [5.74, 6) is -2.75. The maximum atomic E-state index is 14.1. The molecule has 4 aromatic rings. The van der Waals surface area contributed by atoms with Crippen LogP contribution in [0.25, 0.3) is 6.08 Å². The highest BCUT2D eigenvalue weighted by molar-refractivity contribution is 6.03. The van der Waals surface area contributed by atoms with Gasteiger partial charge < -0.3 is 19.9 Å². The molecule has 228 valence electrons. The van der Waals surface area contributed by atoms with Crippen LogP contribution in [0.2, 0.25) is 0 Å². The Kier molecular flexibility index (Phi) is 9.38. The maximum absolute atomic E-state index is 14.1. The number of aromatic hydroxyl groups is 1. The number of carbonyl (C=O) groups is 4. The van der Waals surface area contributed by atoms with Crippen LogP contribution >= 0.6 is 0 Å². The molecule has 45 heavy (non-hydrogen) atoms. The standard InChI is InChI=1S/C36H32N2O7/c1-3-12-24-13-10-11-18-29(24)33(41)37-30-34(42)38(35(30)44-23(2)39)31(25-19-21-28(40)22-20-25)36(43)45-32(26-14-6-4-7-15-26)27-16-8-5-9-17-27/h3-22,30-32,35,40H,1-2H3,(H,37,41)/t30?,31?,35-/m1/s1. The third-order valence-corrected chi connectivity index (χ3v) is 7.35. The number of nitrogens with zero attached hydrogens (tertiary/aromatic N) is 1. The van der Waals surface area contributed by atoms with Gasteiger partial charge in [0.15, 0.2) is 18.2 Å². The summed E-state index contributed by atoms with van der Waals surface area (Å²) < 4.78 is 11.7. The summed E-state index contributed by atoms with van der Waals surface area (Å²) in [6, 6.07) is 28.3. The normalized spacial score (nSPS) is 16.6. The zero-order valence-electron chi connectivity index (χ0n) is 24.7. The minimum absolute atomic E-state index is 0.0475. The lowest BCUT2D eigenvalue weighted by molar-refractivity contribution is -0.201. The third-order valence-electron chi connectivity index (χ3n) is 7.35. The molecule has 1 fully saturated rings. The summed E-state index contributed by atoms with van der Waals surface area (Å²) in [6.07, 6.45) is 1.42. The molecule has 0 bridgehead atoms. The summed E-state index contributed by atoms with van der Waals surface area (Å²) in [6.45, 7) is 3.00. The van der Waals surface area contributed by atoms with Crippen LogP contribution in [0.3, 0.4) is 0 Å². The molecular formula is C36H32N2O7. The van der Waals surface area contributed by atoms with Crippen molar-refractivity contribution >= 4 is 29.8 Å². The van der Waals surface area contributed by atoms with Gasteiger partial charge in [-0.3, -0.25) is 19.3 Å². The van der Waals surface area contributed by atoms with Gasteiger partial charge in [-0.05, 0) is 47.4 Å². The van der Waals surface area contributed by atoms with E-state index in [1.807, 2.05) is 67.6 Å². The van der Waals surface area contributed by atoms with Gasteiger partial charge in [-0.15, -0.1) is 0 Å². The van der Waals surface area contributed by atoms with E-state index in [4.69, 9.17) is 9.47 Å². The van der Waals surface area contributed by atoms with E-state index >= 15 is 0 Å². The molecule has 2 unspecified atom stereocenters. The van der Waals surface area contributed by atoms with Crippen molar-refractivity contribution in [1.82, 2.24) is 10.2 Å². The topological polar surface area (TPSA) is 122 Å². The second kappa shape index (κ2) is 13.7. The fraction of sp³-hybridized carbons (Fsp3) is 0.167. The molecule has 1 aliphatic rings. The largest absolute Gasteiger partial charge is 0.508 e. The highest BCUT2D eigenvalue weighted by atomic mass is 16.6. The lowest BCUT2D eigenvalue weighted by Crippen LogP contribution is -2.73. The molecule has 1 saturated heterocycles. The van der Waals surface area contributed by atoms with Crippen molar-refractivity contribution in [3.8, 4) is 5.75 Å². The maximum Gasteiger partial charge on any atom is 0.334 e. The molecule has 0 aliphatic carbocycles. The van der Waals surface area contributed by atoms with Gasteiger partial charge in [0.05, 0.1) is 0 Å². The number of hydrogen-bond donors (Lipinski definition) is 2. The van der Waals surface area contributed by atoms with E-state index in [9.17, 15) is 24.3 Å². The molecule has 5 rings (SSSR count). The first-order valence-electron chi connectivity index (χ1n) is 14.4. The van der Waals surface area contributed by atoms with Gasteiger partial charge in [-0.2, -0.15) is 0 Å². The van der Waals surface area contributed by atoms with Crippen molar-refractivity contribution in [3.63, 3.8) is 0 Å². The molecule has 9 nitrogen and oxygen atoms in total. The summed E-state index contributed by atoms with van der Waals surface area (Å²) in [7, 11) is 0. The Morgan fingerprint density at radius 3 is 1.98 bits per heavy atom. The number of ether oxygens (including phenoxy) is 2. The van der Waals surface area contributed by atoms with E-state index in [1.165, 1.54) is 31.2 Å². The van der Waals surface area contributed by atoms with Gasteiger partial charge >= 0.3 is 11.9 Å². The molecule has 9 heteroatoms. The predicted molar refractivity (Wildman–Crippen MR) is 166 cm³/mol. The first-order chi connectivity index (χ1) is 21.8. The highest BCUT2D eigenvalue weighted by Gasteiger charge is 2.56. The number of amides is 2. The second-order valence-electron chi connectivity index (χ2n) is 10.4. The molecule has 0 saturated carbocycles. The van der Waals surface area contributed by atoms with Crippen molar-refractivity contribution < 1.29 is 33.8 Å². The zero-order valence-corrected chi connectivity index (χ0v) is 24.7. The molecule has 0 spiro atoms. The number of likely N-dealkylation sites (tertiary alicyclic amines) is 1. The number of rotatable bonds is 10. The molecule has 3 atom stereocenters. The Labute approximate surface area is 260 Å². The van der Waals surface area contributed by atoms with E-state index in [0.29, 0.717) is 27.8 Å². The summed E-state index contributed by atoms with van der Waals surface area (Å²) in [4.78, 5) is 54.6. The number of phenolic OH excluding ortho intramolecular Hbond substituents is 1. The average Bonchev–Trinajstić information content (AvgIpc) is 3.05. The van der Waals surface area contributed by atoms with Crippen molar-refractivity contribution in [2.45, 2.75) is 38.3 Å². The van der Waals surface area contributed by atoms with Crippen LogP contribution in [0.1, 0.15) is 58.6 Å². The fourth-order valence-corrected chi connectivity index (χ4v) is 5.27. The number of phenols is 1. The molecule has 1 aliphatic heterocycles. The van der Waals surface area contributed by atoms with Gasteiger partial charge in [0.2, 0.25) is 6.23 Å². The molecule has 1 heterocycles. The van der Waals surface area contributed by atoms with Crippen LogP contribution < -0.4 is 5.32 Å². The van der Waals surface area contributed by atoms with Gasteiger partial charge in [0, 0.05) is 12.5 Å². The van der Waals surface area contributed by atoms with Gasteiger partial charge in [-0.1, -0.05) is 103 Å². The number of allylic oxidation sites excluding steroid dienone is 1. The number of benzene rings is 4. The number of carbonyl (C=O) groups excluding carboxylic acids is 4. The predicted octanol–water partition coefficient (Wildman–Crippen LogP) is 5.33. The van der Waals surface area contributed by atoms with Crippen LogP contribution in [0, 0.1) is 0 Å². The molecule has 2 N–H and O–H groups in total. The van der Waals surface area contributed by atoms with E-state index < -0.39 is 48.2 Å². The number of hydrogen-bond acceptors (Lipinski definition) is 7. The third kappa shape index (κ3) is 6.78. The zero-order chi connectivity index (χ0) is 31.9. The smallest absolute Gasteiger partial charge is 0.334 e. The Hall–Kier alpha value is -5.70. The molecule has 2 amide bonds.